The third-order valence-electron chi connectivity index (χ3n) is 3.37. The molecule has 3 aromatic rings. The second kappa shape index (κ2) is 5.35. The van der Waals surface area contributed by atoms with Gasteiger partial charge >= 0.3 is 0 Å². The molecule has 0 aliphatic heterocycles. The Balaban J connectivity index is 1.95. The molecular weight excluding hydrogens is 266 g/mol. The fraction of sp³-hybridized carbons (Fsp3) is 0.286. The highest BCUT2D eigenvalue weighted by molar-refractivity contribution is 5.51. The molecule has 0 saturated heterocycles. The monoisotopic (exact) mass is 283 g/mol. The Bertz CT molecular complexity index is 750. The van der Waals surface area contributed by atoms with Crippen molar-refractivity contribution in [2.45, 2.75) is 26.4 Å². The summed E-state index contributed by atoms with van der Waals surface area (Å²) in [6, 6.07) is 11.9. The van der Waals surface area contributed by atoms with Crippen molar-refractivity contribution in [3.05, 3.63) is 42.0 Å². The molecule has 0 aliphatic rings. The van der Waals surface area contributed by atoms with E-state index in [1.54, 1.807) is 0 Å². The lowest BCUT2D eigenvalue weighted by molar-refractivity contribution is 0.647. The molecule has 1 aromatic carbocycles. The number of para-hydroxylation sites is 1. The second-order valence-electron chi connectivity index (χ2n) is 5.14. The smallest absolute Gasteiger partial charge is 0.200 e. The number of nitrogens with two attached hydrogens (primary N) is 1. The molecule has 0 unspecified atom stereocenters. The third-order valence-corrected chi connectivity index (χ3v) is 3.37. The Morgan fingerprint density at radius 1 is 1.19 bits per heavy atom. The van der Waals surface area contributed by atoms with Gasteiger partial charge in [0.1, 0.15) is 0 Å². The first-order chi connectivity index (χ1) is 10.1. The van der Waals surface area contributed by atoms with Crippen LogP contribution in [-0.2, 0) is 6.54 Å². The fourth-order valence-corrected chi connectivity index (χ4v) is 2.18. The van der Waals surface area contributed by atoms with E-state index in [-0.39, 0.29) is 6.04 Å². The molecule has 0 atom stereocenters. The summed E-state index contributed by atoms with van der Waals surface area (Å²) in [7, 11) is 0. The summed E-state index contributed by atoms with van der Waals surface area (Å²) in [5.74, 6) is 0.813. The number of fused-ring (bicyclic) bond motifs is 1. The van der Waals surface area contributed by atoms with Crippen molar-refractivity contribution in [3.63, 3.8) is 0 Å². The van der Waals surface area contributed by atoms with E-state index in [1.165, 1.54) is 4.63 Å². The summed E-state index contributed by atoms with van der Waals surface area (Å²) in [5.41, 5.74) is 8.52. The average Bonchev–Trinajstić information content (AvgIpc) is 2.93. The number of hydrogen-bond acceptors (Lipinski definition) is 6. The topological polar surface area (TPSA) is 85.2 Å². The molecule has 2 heterocycles. The van der Waals surface area contributed by atoms with Gasteiger partial charge < -0.3 is 10.6 Å². The van der Waals surface area contributed by atoms with Gasteiger partial charge in [0, 0.05) is 18.3 Å². The first-order valence-corrected chi connectivity index (χ1v) is 6.80. The molecule has 0 saturated carbocycles. The Hall–Kier alpha value is -2.70. The third kappa shape index (κ3) is 2.62. The van der Waals surface area contributed by atoms with Gasteiger partial charge in [-0.2, -0.15) is 0 Å². The van der Waals surface area contributed by atoms with Gasteiger partial charge in [-0.15, -0.1) is 14.8 Å². The molecule has 21 heavy (non-hydrogen) atoms. The first-order valence-electron chi connectivity index (χ1n) is 6.80. The lowest BCUT2D eigenvalue weighted by atomic mass is 10.1. The molecule has 2 N–H and O–H groups in total. The van der Waals surface area contributed by atoms with Gasteiger partial charge in [-0.3, -0.25) is 0 Å². The standard InChI is InChI=1S/C14H17N7/c1-10(2)20(9-11-5-3-4-6-12(11)15)14-8-7-13-16-18-19-21(13)17-14/h3-8,10H,9,15H2,1-2H3. The molecule has 0 radical (unpaired) electrons. The number of aromatic nitrogens is 5. The van der Waals surface area contributed by atoms with Crippen molar-refractivity contribution in [1.82, 2.24) is 25.3 Å². The number of rotatable bonds is 4. The highest BCUT2D eigenvalue weighted by Crippen LogP contribution is 2.20. The Morgan fingerprint density at radius 3 is 2.76 bits per heavy atom. The molecule has 108 valence electrons. The number of hydrogen-bond donors (Lipinski definition) is 1. The molecule has 0 bridgehead atoms. The lowest BCUT2D eigenvalue weighted by Crippen LogP contribution is -2.31. The van der Waals surface area contributed by atoms with E-state index in [9.17, 15) is 0 Å². The van der Waals surface area contributed by atoms with Crippen LogP contribution in [0.15, 0.2) is 36.4 Å². The van der Waals surface area contributed by atoms with Crippen LogP contribution in [0.5, 0.6) is 0 Å². The summed E-state index contributed by atoms with van der Waals surface area (Å²) >= 11 is 0. The van der Waals surface area contributed by atoms with E-state index >= 15 is 0 Å². The average molecular weight is 283 g/mol. The Morgan fingerprint density at radius 2 is 2.00 bits per heavy atom. The van der Waals surface area contributed by atoms with Crippen LogP contribution in [0.2, 0.25) is 0 Å². The fourth-order valence-electron chi connectivity index (χ4n) is 2.18. The Labute approximate surface area is 122 Å². The summed E-state index contributed by atoms with van der Waals surface area (Å²) in [4.78, 5) is 2.16. The molecule has 0 amide bonds. The van der Waals surface area contributed by atoms with Crippen LogP contribution < -0.4 is 10.6 Å². The quantitative estimate of drug-likeness (QED) is 0.731. The maximum atomic E-state index is 6.04. The molecule has 0 aliphatic carbocycles. The van der Waals surface area contributed by atoms with E-state index in [2.05, 4.69) is 39.4 Å². The molecule has 3 rings (SSSR count). The largest absolute Gasteiger partial charge is 0.398 e. The number of nitrogens with zero attached hydrogens (tertiary/aromatic N) is 6. The zero-order chi connectivity index (χ0) is 14.8. The van der Waals surface area contributed by atoms with Crippen molar-refractivity contribution in [2.24, 2.45) is 0 Å². The van der Waals surface area contributed by atoms with Crippen molar-refractivity contribution in [1.29, 1.82) is 0 Å². The highest BCUT2D eigenvalue weighted by Gasteiger charge is 2.15. The van der Waals surface area contributed by atoms with Crippen molar-refractivity contribution in [2.75, 3.05) is 10.6 Å². The summed E-state index contributed by atoms with van der Waals surface area (Å²) in [6.07, 6.45) is 0. The van der Waals surface area contributed by atoms with Gasteiger partial charge in [0.05, 0.1) is 0 Å². The molecule has 0 fully saturated rings. The van der Waals surface area contributed by atoms with Crippen molar-refractivity contribution in [3.8, 4) is 0 Å². The van der Waals surface area contributed by atoms with Crippen LogP contribution in [-0.4, -0.2) is 31.3 Å². The SMILES string of the molecule is CC(C)N(Cc1ccccc1N)c1ccc2nnnn2n1. The van der Waals surface area contributed by atoms with Crippen molar-refractivity contribution < 1.29 is 0 Å². The van der Waals surface area contributed by atoms with E-state index in [0.717, 1.165) is 17.1 Å². The Kier molecular flexibility index (Phi) is 3.39. The summed E-state index contributed by atoms with van der Waals surface area (Å²) in [5, 5.41) is 15.8. The van der Waals surface area contributed by atoms with Gasteiger partial charge in [0.15, 0.2) is 11.5 Å². The maximum absolute atomic E-state index is 6.04. The predicted octanol–water partition coefficient (Wildman–Crippen LogP) is 1.52. The summed E-state index contributed by atoms with van der Waals surface area (Å²) < 4.78 is 1.43. The van der Waals surface area contributed by atoms with E-state index in [1.807, 2.05) is 36.4 Å². The van der Waals surface area contributed by atoms with Crippen LogP contribution in [0.4, 0.5) is 11.5 Å². The highest BCUT2D eigenvalue weighted by atomic mass is 15.6. The van der Waals surface area contributed by atoms with E-state index < -0.39 is 0 Å². The van der Waals surface area contributed by atoms with Gasteiger partial charge in [0.25, 0.3) is 0 Å². The van der Waals surface area contributed by atoms with Crippen LogP contribution in [0.25, 0.3) is 5.65 Å². The minimum atomic E-state index is 0.269. The van der Waals surface area contributed by atoms with Gasteiger partial charge in [-0.05, 0) is 48.0 Å². The predicted molar refractivity (Wildman–Crippen MR) is 80.8 cm³/mol. The molecule has 0 spiro atoms. The minimum Gasteiger partial charge on any atom is -0.398 e. The normalized spacial score (nSPS) is 11.2. The van der Waals surface area contributed by atoms with Crippen LogP contribution >= 0.6 is 0 Å². The molecule has 7 heteroatoms. The maximum Gasteiger partial charge on any atom is 0.200 e. The number of anilines is 2. The molecule has 7 nitrogen and oxygen atoms in total. The molecule has 2 aromatic heterocycles. The van der Waals surface area contributed by atoms with E-state index in [4.69, 9.17) is 5.73 Å². The zero-order valence-electron chi connectivity index (χ0n) is 12.0. The van der Waals surface area contributed by atoms with E-state index in [0.29, 0.717) is 12.2 Å². The minimum absolute atomic E-state index is 0.269. The summed E-state index contributed by atoms with van der Waals surface area (Å²) in [6.45, 7) is 4.92. The lowest BCUT2D eigenvalue weighted by Gasteiger charge is -2.28. The van der Waals surface area contributed by atoms with Gasteiger partial charge in [-0.1, -0.05) is 18.2 Å². The van der Waals surface area contributed by atoms with Crippen LogP contribution in [0, 0.1) is 0 Å². The zero-order valence-corrected chi connectivity index (χ0v) is 12.0. The van der Waals surface area contributed by atoms with Gasteiger partial charge in [0.2, 0.25) is 0 Å². The second-order valence-corrected chi connectivity index (χ2v) is 5.14. The van der Waals surface area contributed by atoms with Crippen LogP contribution in [0.1, 0.15) is 19.4 Å². The van der Waals surface area contributed by atoms with Gasteiger partial charge in [-0.25, -0.2) is 0 Å². The van der Waals surface area contributed by atoms with Crippen molar-refractivity contribution >= 4 is 17.2 Å². The first kappa shape index (κ1) is 13.3. The number of benzene rings is 1. The molecular formula is C14H17N7. The number of nitrogen functional groups attached to an aromatic ring is 1. The van der Waals surface area contributed by atoms with Crippen LogP contribution in [0.3, 0.4) is 0 Å². The number of tetrazole rings is 1.